The van der Waals surface area contributed by atoms with Crippen molar-refractivity contribution >= 4 is 45.4 Å². The number of nitrogens with one attached hydrogen (secondary N) is 6. The lowest BCUT2D eigenvalue weighted by Gasteiger charge is -2.35. The van der Waals surface area contributed by atoms with Crippen molar-refractivity contribution in [1.82, 2.24) is 31.2 Å². The first-order chi connectivity index (χ1) is 27.9. The van der Waals surface area contributed by atoms with Crippen LogP contribution in [0.4, 0.5) is 0 Å². The van der Waals surface area contributed by atoms with Crippen molar-refractivity contribution in [2.45, 2.75) is 76.9 Å². The van der Waals surface area contributed by atoms with Crippen LogP contribution in [0.15, 0.2) is 121 Å². The van der Waals surface area contributed by atoms with E-state index in [0.29, 0.717) is 11.4 Å². The van der Waals surface area contributed by atoms with Gasteiger partial charge in [-0.1, -0.05) is 125 Å². The van der Waals surface area contributed by atoms with E-state index in [4.69, 9.17) is 0 Å². The van der Waals surface area contributed by atoms with Gasteiger partial charge in [-0.25, -0.2) is 0 Å². The maximum atomic E-state index is 14.1. The summed E-state index contributed by atoms with van der Waals surface area (Å²) in [6.07, 6.45) is -2.91. The third-order valence-electron chi connectivity index (χ3n) is 10.4. The second-order valence-electron chi connectivity index (χ2n) is 15.5. The van der Waals surface area contributed by atoms with Crippen LogP contribution in [0.1, 0.15) is 59.8 Å². The zero-order valence-electron chi connectivity index (χ0n) is 33.1. The number of para-hydroxylation sites is 2. The minimum atomic E-state index is -1.59. The molecule has 0 aliphatic carbocycles. The number of benzene rings is 4. The summed E-state index contributed by atoms with van der Waals surface area (Å²) in [5.74, 6) is -2.71. The van der Waals surface area contributed by atoms with Gasteiger partial charge >= 0.3 is 0 Å². The maximum Gasteiger partial charge on any atom is 0.268 e. The van der Waals surface area contributed by atoms with Crippen LogP contribution in [0.2, 0.25) is 0 Å². The summed E-state index contributed by atoms with van der Waals surface area (Å²) in [5, 5.41) is 37.3. The Morgan fingerprint density at radius 1 is 0.500 bits per heavy atom. The molecule has 6 rings (SSSR count). The highest BCUT2D eigenvalue weighted by Crippen LogP contribution is 2.19. The van der Waals surface area contributed by atoms with E-state index in [9.17, 15) is 29.4 Å². The summed E-state index contributed by atoms with van der Waals surface area (Å²) >= 11 is 0. The molecule has 2 unspecified atom stereocenters. The van der Waals surface area contributed by atoms with Gasteiger partial charge in [0.1, 0.15) is 35.7 Å². The zero-order chi connectivity index (χ0) is 41.3. The molecule has 4 aromatic carbocycles. The number of aromatic amines is 2. The number of rotatable bonds is 17. The van der Waals surface area contributed by atoms with Crippen LogP contribution in [0.25, 0.3) is 21.8 Å². The van der Waals surface area contributed by atoms with Crippen LogP contribution in [0.3, 0.4) is 0 Å². The molecule has 2 heterocycles. The van der Waals surface area contributed by atoms with Crippen molar-refractivity contribution < 1.29 is 29.4 Å². The molecule has 0 radical (unpaired) electrons. The van der Waals surface area contributed by atoms with E-state index in [0.717, 1.165) is 32.9 Å². The van der Waals surface area contributed by atoms with E-state index in [1.165, 1.54) is 0 Å². The average molecular weight is 785 g/mol. The molecule has 6 atom stereocenters. The first-order valence-corrected chi connectivity index (χ1v) is 19.7. The standard InChI is InChI=1S/C46H52N6O6/c1-27(2)39(51-43(55)37-25-31-19-11-13-21-33(31)47-37)45(57)49-35(23-29-15-7-5-8-16-29)41(53)42(54)36(24-30-17-9-6-10-18-30)50-46(58)40(28(3)4)52-44(56)38-26-32-20-12-14-22-34(32)48-38/h5-22,25-28,35-36,39-42,47-48,53-54H,23-24H2,1-4H3,(H,49,57)(H,50,58)(H,51,55)(H,52,56)/t35-,36-,39?,40?,41+,42+/m0/s1. The van der Waals surface area contributed by atoms with Gasteiger partial charge in [0.2, 0.25) is 11.8 Å². The highest BCUT2D eigenvalue weighted by molar-refractivity contribution is 6.01. The summed E-state index contributed by atoms with van der Waals surface area (Å²) in [6.45, 7) is 7.23. The number of fused-ring (bicyclic) bond motifs is 2. The first kappa shape index (κ1) is 41.4. The van der Waals surface area contributed by atoms with Gasteiger partial charge < -0.3 is 41.4 Å². The van der Waals surface area contributed by atoms with Crippen molar-refractivity contribution in [3.05, 3.63) is 144 Å². The van der Waals surface area contributed by atoms with Crippen molar-refractivity contribution in [3.8, 4) is 0 Å². The number of aliphatic hydroxyl groups excluding tert-OH is 2. The number of carbonyl (C=O) groups excluding carboxylic acids is 4. The Balaban J connectivity index is 1.23. The van der Waals surface area contributed by atoms with Gasteiger partial charge in [0.05, 0.1) is 12.1 Å². The van der Waals surface area contributed by atoms with Crippen LogP contribution < -0.4 is 21.3 Å². The van der Waals surface area contributed by atoms with E-state index >= 15 is 0 Å². The van der Waals surface area contributed by atoms with Crippen LogP contribution in [-0.2, 0) is 22.4 Å². The Morgan fingerprint density at radius 3 is 1.19 bits per heavy atom. The van der Waals surface area contributed by atoms with E-state index in [1.807, 2.05) is 109 Å². The van der Waals surface area contributed by atoms with Gasteiger partial charge in [-0.3, -0.25) is 19.2 Å². The molecule has 12 nitrogen and oxygen atoms in total. The molecular formula is C46H52N6O6. The third-order valence-corrected chi connectivity index (χ3v) is 10.4. The van der Waals surface area contributed by atoms with Gasteiger partial charge in [-0.05, 0) is 60.1 Å². The Bertz CT molecular complexity index is 2090. The molecule has 8 N–H and O–H groups in total. The third kappa shape index (κ3) is 10.2. The molecule has 0 spiro atoms. The smallest absolute Gasteiger partial charge is 0.268 e. The van der Waals surface area contributed by atoms with Gasteiger partial charge in [-0.15, -0.1) is 0 Å². The molecule has 0 saturated heterocycles. The number of aromatic nitrogens is 2. The number of aliphatic hydroxyl groups is 2. The highest BCUT2D eigenvalue weighted by Gasteiger charge is 2.38. The molecule has 4 amide bonds. The predicted octanol–water partition coefficient (Wildman–Crippen LogP) is 5.04. The molecule has 2 aromatic heterocycles. The average Bonchev–Trinajstić information content (AvgIpc) is 3.86. The number of hydrogen-bond acceptors (Lipinski definition) is 6. The quantitative estimate of drug-likeness (QED) is 0.0640. The molecule has 0 aliphatic heterocycles. The lowest BCUT2D eigenvalue weighted by atomic mass is 9.90. The van der Waals surface area contributed by atoms with Gasteiger partial charge in [0, 0.05) is 21.8 Å². The molecular weight excluding hydrogens is 733 g/mol. The molecule has 0 saturated carbocycles. The normalized spacial score (nSPS) is 14.7. The number of carbonyl (C=O) groups is 4. The Labute approximate surface area is 337 Å². The van der Waals surface area contributed by atoms with Crippen molar-refractivity contribution in [2.75, 3.05) is 0 Å². The first-order valence-electron chi connectivity index (χ1n) is 19.7. The molecule has 58 heavy (non-hydrogen) atoms. The van der Waals surface area contributed by atoms with Crippen LogP contribution >= 0.6 is 0 Å². The Morgan fingerprint density at radius 2 is 0.845 bits per heavy atom. The van der Waals surface area contributed by atoms with Gasteiger partial charge in [0.25, 0.3) is 11.8 Å². The summed E-state index contributed by atoms with van der Waals surface area (Å²) in [7, 11) is 0. The minimum absolute atomic E-state index is 0.132. The van der Waals surface area contributed by atoms with Crippen LogP contribution in [0.5, 0.6) is 0 Å². The van der Waals surface area contributed by atoms with Crippen LogP contribution in [-0.4, -0.2) is 80.2 Å². The van der Waals surface area contributed by atoms with Crippen LogP contribution in [0, 0.1) is 11.8 Å². The van der Waals surface area contributed by atoms with Crippen molar-refractivity contribution in [1.29, 1.82) is 0 Å². The molecule has 0 bridgehead atoms. The molecule has 0 fully saturated rings. The van der Waals surface area contributed by atoms with E-state index in [-0.39, 0.29) is 24.7 Å². The predicted molar refractivity (Wildman–Crippen MR) is 225 cm³/mol. The van der Waals surface area contributed by atoms with E-state index in [1.54, 1.807) is 39.8 Å². The fraction of sp³-hybridized carbons (Fsp3) is 0.304. The fourth-order valence-corrected chi connectivity index (χ4v) is 7.17. The zero-order valence-corrected chi connectivity index (χ0v) is 33.1. The fourth-order valence-electron chi connectivity index (χ4n) is 7.17. The highest BCUT2D eigenvalue weighted by atomic mass is 16.3. The topological polar surface area (TPSA) is 188 Å². The summed E-state index contributed by atoms with van der Waals surface area (Å²) in [4.78, 5) is 61.2. The Hall–Kier alpha value is -6.24. The lowest BCUT2D eigenvalue weighted by Crippen LogP contribution is -2.61. The molecule has 12 heteroatoms. The largest absolute Gasteiger partial charge is 0.388 e. The van der Waals surface area contributed by atoms with Crippen molar-refractivity contribution in [2.24, 2.45) is 11.8 Å². The summed E-state index contributed by atoms with van der Waals surface area (Å²) < 4.78 is 0. The molecule has 6 aromatic rings. The molecule has 302 valence electrons. The summed E-state index contributed by atoms with van der Waals surface area (Å²) in [6, 6.07) is 32.8. The van der Waals surface area contributed by atoms with Gasteiger partial charge in [-0.2, -0.15) is 0 Å². The van der Waals surface area contributed by atoms with Crippen molar-refractivity contribution in [3.63, 3.8) is 0 Å². The maximum absolute atomic E-state index is 14.1. The van der Waals surface area contributed by atoms with E-state index < -0.39 is 60.0 Å². The SMILES string of the molecule is CC(C)C(NC(=O)c1cc2ccccc2[nH]1)C(=O)N[C@@H](Cc1ccccc1)[C@@H](O)[C@H](O)[C@H](Cc1ccccc1)NC(=O)C(NC(=O)c1cc2ccccc2[nH]1)C(C)C. The second-order valence-corrected chi connectivity index (χ2v) is 15.5. The Kier molecular flexibility index (Phi) is 13.4. The van der Waals surface area contributed by atoms with E-state index in [2.05, 4.69) is 31.2 Å². The monoisotopic (exact) mass is 784 g/mol. The molecule has 0 aliphatic rings. The second kappa shape index (κ2) is 18.8. The number of amides is 4. The summed E-state index contributed by atoms with van der Waals surface area (Å²) in [5.41, 5.74) is 3.73. The lowest BCUT2D eigenvalue weighted by molar-refractivity contribution is -0.129. The minimum Gasteiger partial charge on any atom is -0.388 e. The van der Waals surface area contributed by atoms with Gasteiger partial charge in [0.15, 0.2) is 0 Å². The number of H-pyrrole nitrogens is 2. The number of hydrogen-bond donors (Lipinski definition) is 8.